The third-order valence-corrected chi connectivity index (χ3v) is 4.32. The minimum atomic E-state index is -0.602. The molecule has 2 rings (SSSR count). The van der Waals surface area contributed by atoms with Crippen LogP contribution < -0.4 is 21.5 Å². The molecule has 3 amide bonds. The van der Waals surface area contributed by atoms with Crippen LogP contribution >= 0.6 is 12.2 Å². The van der Waals surface area contributed by atoms with Crippen LogP contribution in [0.1, 0.15) is 34.3 Å². The number of amides is 3. The summed E-state index contributed by atoms with van der Waals surface area (Å²) in [5, 5.41) is 15.5. The van der Waals surface area contributed by atoms with Gasteiger partial charge in [-0.3, -0.25) is 40.7 Å². The fraction of sp³-hybridized carbons (Fsp3) is 0.200. The summed E-state index contributed by atoms with van der Waals surface area (Å²) in [4.78, 5) is 46.0. The molecule has 0 spiro atoms. The normalized spacial score (nSPS) is 10.0. The van der Waals surface area contributed by atoms with Crippen molar-refractivity contribution in [1.29, 1.82) is 0 Å². The lowest BCUT2D eigenvalue weighted by Gasteiger charge is -2.11. The van der Waals surface area contributed by atoms with Crippen molar-refractivity contribution in [3.05, 3.63) is 69.3 Å². The highest BCUT2D eigenvalue weighted by atomic mass is 32.1. The highest BCUT2D eigenvalue weighted by molar-refractivity contribution is 7.80. The second-order valence-corrected chi connectivity index (χ2v) is 7.04. The number of rotatable bonds is 6. The van der Waals surface area contributed by atoms with E-state index in [4.69, 9.17) is 12.2 Å². The number of non-ortho nitro benzene ring substituents is 1. The van der Waals surface area contributed by atoms with E-state index in [1.54, 1.807) is 6.07 Å². The Morgan fingerprint density at radius 3 is 2.23 bits per heavy atom. The van der Waals surface area contributed by atoms with Crippen molar-refractivity contribution >= 4 is 46.4 Å². The number of nitrogens with zero attached hydrogens (tertiary/aromatic N) is 1. The van der Waals surface area contributed by atoms with Crippen molar-refractivity contribution in [1.82, 2.24) is 16.2 Å². The molecule has 162 valence electrons. The molecule has 0 saturated heterocycles. The first-order chi connectivity index (χ1) is 14.7. The highest BCUT2D eigenvalue weighted by Gasteiger charge is 2.12. The Morgan fingerprint density at radius 1 is 0.968 bits per heavy atom. The van der Waals surface area contributed by atoms with Crippen molar-refractivity contribution < 1.29 is 19.3 Å². The summed E-state index contributed by atoms with van der Waals surface area (Å²) in [6.07, 6.45) is -0.134. The number of hydrogen-bond donors (Lipinski definition) is 4. The van der Waals surface area contributed by atoms with Crippen LogP contribution in [-0.4, -0.2) is 27.8 Å². The molecule has 0 fully saturated rings. The Kier molecular flexibility index (Phi) is 8.15. The summed E-state index contributed by atoms with van der Waals surface area (Å²) < 4.78 is 0. The number of nitro groups is 1. The zero-order valence-electron chi connectivity index (χ0n) is 16.9. The molecule has 2 aromatic rings. The monoisotopic (exact) mass is 443 g/mol. The fourth-order valence-electron chi connectivity index (χ4n) is 2.52. The first-order valence-electron chi connectivity index (χ1n) is 9.17. The molecule has 0 unspecified atom stereocenters. The first-order valence-corrected chi connectivity index (χ1v) is 9.58. The van der Waals surface area contributed by atoms with Gasteiger partial charge in [-0.2, -0.15) is 0 Å². The Hall–Kier alpha value is -3.86. The fourth-order valence-corrected chi connectivity index (χ4v) is 2.67. The van der Waals surface area contributed by atoms with Crippen LogP contribution in [0.5, 0.6) is 0 Å². The van der Waals surface area contributed by atoms with E-state index in [2.05, 4.69) is 21.5 Å². The molecular weight excluding hydrogens is 422 g/mol. The SMILES string of the molecule is Cc1ccc(NC(=O)CCC(=O)NNC(=S)NC(=O)c2ccc([N+](=O)[O-])cc2)c(C)c1. The minimum absolute atomic E-state index is 0.0389. The van der Waals surface area contributed by atoms with Crippen LogP contribution in [0.25, 0.3) is 0 Å². The molecule has 0 heterocycles. The van der Waals surface area contributed by atoms with E-state index in [1.165, 1.54) is 24.3 Å². The maximum atomic E-state index is 12.0. The molecule has 0 radical (unpaired) electrons. The molecule has 0 aromatic heterocycles. The summed E-state index contributed by atoms with van der Waals surface area (Å²) in [7, 11) is 0. The van der Waals surface area contributed by atoms with Crippen LogP contribution in [0.2, 0.25) is 0 Å². The molecule has 0 saturated carbocycles. The van der Waals surface area contributed by atoms with Gasteiger partial charge in [0.2, 0.25) is 11.8 Å². The van der Waals surface area contributed by atoms with E-state index in [0.717, 1.165) is 11.1 Å². The largest absolute Gasteiger partial charge is 0.326 e. The average Bonchev–Trinajstić information content (AvgIpc) is 2.72. The molecule has 4 N–H and O–H groups in total. The first kappa shape index (κ1) is 23.4. The average molecular weight is 443 g/mol. The third kappa shape index (κ3) is 7.48. The lowest BCUT2D eigenvalue weighted by atomic mass is 10.1. The number of hydrogen-bond acceptors (Lipinski definition) is 6. The van der Waals surface area contributed by atoms with E-state index in [1.807, 2.05) is 26.0 Å². The number of carbonyl (C=O) groups excluding carboxylic acids is 3. The third-order valence-electron chi connectivity index (χ3n) is 4.12. The molecule has 0 aliphatic rings. The van der Waals surface area contributed by atoms with E-state index >= 15 is 0 Å². The van der Waals surface area contributed by atoms with Crippen LogP contribution in [0.3, 0.4) is 0 Å². The van der Waals surface area contributed by atoms with Crippen LogP contribution in [-0.2, 0) is 9.59 Å². The van der Waals surface area contributed by atoms with Crippen molar-refractivity contribution in [3.63, 3.8) is 0 Å². The Bertz CT molecular complexity index is 1020. The van der Waals surface area contributed by atoms with E-state index in [-0.39, 0.29) is 35.1 Å². The maximum Gasteiger partial charge on any atom is 0.269 e. The molecule has 11 heteroatoms. The van der Waals surface area contributed by atoms with Gasteiger partial charge >= 0.3 is 0 Å². The Balaban J connectivity index is 1.72. The lowest BCUT2D eigenvalue weighted by Crippen LogP contribution is -2.48. The predicted octanol–water partition coefficient (Wildman–Crippen LogP) is 2.27. The van der Waals surface area contributed by atoms with Gasteiger partial charge in [0.15, 0.2) is 5.11 Å². The predicted molar refractivity (Wildman–Crippen MR) is 118 cm³/mol. The van der Waals surface area contributed by atoms with E-state index in [9.17, 15) is 24.5 Å². The molecule has 0 aliphatic heterocycles. The number of benzene rings is 2. The van der Waals surface area contributed by atoms with E-state index < -0.39 is 16.7 Å². The number of nitro benzene ring substituents is 1. The van der Waals surface area contributed by atoms with Crippen molar-refractivity contribution in [3.8, 4) is 0 Å². The number of hydrazine groups is 1. The second kappa shape index (κ2) is 10.8. The summed E-state index contributed by atoms with van der Waals surface area (Å²) in [5.41, 5.74) is 7.35. The zero-order valence-corrected chi connectivity index (χ0v) is 17.7. The van der Waals surface area contributed by atoms with Gasteiger partial charge in [0.05, 0.1) is 4.92 Å². The molecule has 0 bridgehead atoms. The van der Waals surface area contributed by atoms with Crippen LogP contribution in [0.4, 0.5) is 11.4 Å². The maximum absolute atomic E-state index is 12.0. The summed E-state index contributed by atoms with van der Waals surface area (Å²) in [5.74, 6) is -1.41. The van der Waals surface area contributed by atoms with Crippen molar-refractivity contribution in [2.75, 3.05) is 5.32 Å². The van der Waals surface area contributed by atoms with Crippen molar-refractivity contribution in [2.45, 2.75) is 26.7 Å². The zero-order chi connectivity index (χ0) is 23.0. The number of anilines is 1. The number of aryl methyl sites for hydroxylation is 2. The highest BCUT2D eigenvalue weighted by Crippen LogP contribution is 2.16. The van der Waals surface area contributed by atoms with Crippen molar-refractivity contribution in [2.24, 2.45) is 0 Å². The summed E-state index contributed by atoms with van der Waals surface area (Å²) >= 11 is 4.92. The number of thiocarbonyl (C=S) groups is 1. The number of carbonyl (C=O) groups is 3. The van der Waals surface area contributed by atoms with Gasteiger partial charge in [-0.25, -0.2) is 0 Å². The van der Waals surface area contributed by atoms with E-state index in [0.29, 0.717) is 5.69 Å². The number of nitrogens with one attached hydrogen (secondary N) is 4. The van der Waals surface area contributed by atoms with Crippen LogP contribution in [0, 0.1) is 24.0 Å². The Morgan fingerprint density at radius 2 is 1.61 bits per heavy atom. The molecule has 31 heavy (non-hydrogen) atoms. The second-order valence-electron chi connectivity index (χ2n) is 6.63. The topological polar surface area (TPSA) is 142 Å². The quantitative estimate of drug-likeness (QED) is 0.305. The van der Waals surface area contributed by atoms with Gasteiger partial charge in [-0.05, 0) is 49.8 Å². The van der Waals surface area contributed by atoms with Gasteiger partial charge in [-0.1, -0.05) is 17.7 Å². The lowest BCUT2D eigenvalue weighted by molar-refractivity contribution is -0.384. The van der Waals surface area contributed by atoms with Gasteiger partial charge in [0.25, 0.3) is 11.6 Å². The smallest absolute Gasteiger partial charge is 0.269 e. The van der Waals surface area contributed by atoms with Gasteiger partial charge in [0.1, 0.15) is 0 Å². The van der Waals surface area contributed by atoms with Crippen LogP contribution in [0.15, 0.2) is 42.5 Å². The minimum Gasteiger partial charge on any atom is -0.326 e. The summed E-state index contributed by atoms with van der Waals surface area (Å²) in [6.45, 7) is 3.83. The molecule has 0 aliphatic carbocycles. The van der Waals surface area contributed by atoms with Gasteiger partial charge < -0.3 is 5.32 Å². The van der Waals surface area contributed by atoms with Gasteiger partial charge in [0, 0.05) is 36.2 Å². The standard InChI is InChI=1S/C20H21N5O5S/c1-12-3-8-16(13(2)11-12)21-17(26)9-10-18(27)23-24-20(31)22-19(28)14-4-6-15(7-5-14)25(29)30/h3-8,11H,9-10H2,1-2H3,(H,21,26)(H,23,27)(H2,22,24,28,31). The van der Waals surface area contributed by atoms with Gasteiger partial charge in [-0.15, -0.1) is 0 Å². The molecule has 2 aromatic carbocycles. The molecule has 10 nitrogen and oxygen atoms in total. The Labute approximate surface area is 183 Å². The molecular formula is C20H21N5O5S. The molecule has 0 atom stereocenters. The summed E-state index contributed by atoms with van der Waals surface area (Å²) in [6, 6.07) is 10.6.